The van der Waals surface area contributed by atoms with E-state index in [0.29, 0.717) is 31.5 Å². The maximum absolute atomic E-state index is 12.1. The van der Waals surface area contributed by atoms with Crippen molar-refractivity contribution in [1.82, 2.24) is 10.6 Å². The van der Waals surface area contributed by atoms with Gasteiger partial charge in [-0.05, 0) is 55.3 Å². The van der Waals surface area contributed by atoms with E-state index in [1.807, 2.05) is 24.3 Å². The standard InChI is InChI=1S/C21H23BrN2O5/c1-2-28-21(27)29-18-9-7-16(8-10-18)20(26)24-13-12-23-19(25)11-6-15-4-3-5-17(22)14-15/h3-5,7-10,14H,2,6,11-13H2,1H3,(H,23,25)(H,24,26). The van der Waals surface area contributed by atoms with Gasteiger partial charge < -0.3 is 20.1 Å². The number of ether oxygens (including phenoxy) is 2. The molecular weight excluding hydrogens is 440 g/mol. The van der Waals surface area contributed by atoms with Gasteiger partial charge in [0.2, 0.25) is 5.91 Å². The van der Waals surface area contributed by atoms with Crippen LogP contribution in [0.15, 0.2) is 53.0 Å². The fourth-order valence-electron chi connectivity index (χ4n) is 2.44. The summed E-state index contributed by atoms with van der Waals surface area (Å²) in [7, 11) is 0. The highest BCUT2D eigenvalue weighted by Gasteiger charge is 2.08. The number of hydrogen-bond donors (Lipinski definition) is 2. The highest BCUT2D eigenvalue weighted by Crippen LogP contribution is 2.13. The number of halogens is 1. The molecule has 0 aliphatic carbocycles. The summed E-state index contributed by atoms with van der Waals surface area (Å²) in [6.45, 7) is 2.55. The molecule has 0 saturated carbocycles. The topological polar surface area (TPSA) is 93.7 Å². The molecule has 0 fully saturated rings. The van der Waals surface area contributed by atoms with E-state index in [1.165, 1.54) is 12.1 Å². The number of carbonyl (C=O) groups is 3. The van der Waals surface area contributed by atoms with Gasteiger partial charge in [0, 0.05) is 29.5 Å². The molecule has 29 heavy (non-hydrogen) atoms. The van der Waals surface area contributed by atoms with Crippen LogP contribution >= 0.6 is 15.9 Å². The van der Waals surface area contributed by atoms with Gasteiger partial charge in [0.1, 0.15) is 5.75 Å². The summed E-state index contributed by atoms with van der Waals surface area (Å²) in [4.78, 5) is 35.3. The highest BCUT2D eigenvalue weighted by molar-refractivity contribution is 9.10. The molecule has 2 amide bonds. The lowest BCUT2D eigenvalue weighted by atomic mass is 10.1. The summed E-state index contributed by atoms with van der Waals surface area (Å²) in [5.74, 6) is -0.0616. The van der Waals surface area contributed by atoms with E-state index in [2.05, 4.69) is 31.3 Å². The average molecular weight is 463 g/mol. The molecule has 0 saturated heterocycles. The third kappa shape index (κ3) is 8.35. The third-order valence-corrected chi connectivity index (χ3v) is 4.34. The molecule has 0 heterocycles. The predicted octanol–water partition coefficient (Wildman–Crippen LogP) is 3.46. The summed E-state index contributed by atoms with van der Waals surface area (Å²) in [6, 6.07) is 13.9. The Labute approximate surface area is 177 Å². The van der Waals surface area contributed by atoms with Crippen molar-refractivity contribution in [1.29, 1.82) is 0 Å². The van der Waals surface area contributed by atoms with Gasteiger partial charge in [-0.1, -0.05) is 28.1 Å². The first-order valence-electron chi connectivity index (χ1n) is 9.22. The van der Waals surface area contributed by atoms with Crippen molar-refractivity contribution in [3.05, 3.63) is 64.1 Å². The normalized spacial score (nSPS) is 10.1. The molecular formula is C21H23BrN2O5. The van der Waals surface area contributed by atoms with Crippen molar-refractivity contribution < 1.29 is 23.9 Å². The lowest BCUT2D eigenvalue weighted by molar-refractivity contribution is -0.121. The Morgan fingerprint density at radius 2 is 1.72 bits per heavy atom. The van der Waals surface area contributed by atoms with Gasteiger partial charge in [-0.25, -0.2) is 4.79 Å². The monoisotopic (exact) mass is 462 g/mol. The van der Waals surface area contributed by atoms with E-state index in [0.717, 1.165) is 10.0 Å². The number of hydrogen-bond acceptors (Lipinski definition) is 5. The van der Waals surface area contributed by atoms with Crippen LogP contribution in [0, 0.1) is 0 Å². The lowest BCUT2D eigenvalue weighted by Gasteiger charge is -2.08. The zero-order chi connectivity index (χ0) is 21.1. The molecule has 0 radical (unpaired) electrons. The van der Waals surface area contributed by atoms with Crippen molar-refractivity contribution in [2.24, 2.45) is 0 Å². The maximum atomic E-state index is 12.1. The van der Waals surface area contributed by atoms with Crippen molar-refractivity contribution >= 4 is 33.9 Å². The van der Waals surface area contributed by atoms with Gasteiger partial charge in [-0.15, -0.1) is 0 Å². The Morgan fingerprint density at radius 3 is 2.41 bits per heavy atom. The Hall–Kier alpha value is -2.87. The maximum Gasteiger partial charge on any atom is 0.513 e. The van der Waals surface area contributed by atoms with Gasteiger partial charge in [-0.3, -0.25) is 9.59 Å². The zero-order valence-electron chi connectivity index (χ0n) is 16.1. The van der Waals surface area contributed by atoms with Gasteiger partial charge >= 0.3 is 6.16 Å². The lowest BCUT2D eigenvalue weighted by Crippen LogP contribution is -2.34. The Balaban J connectivity index is 1.66. The summed E-state index contributed by atoms with van der Waals surface area (Å²) >= 11 is 3.41. The molecule has 2 aromatic rings. The van der Waals surface area contributed by atoms with E-state index in [1.54, 1.807) is 19.1 Å². The number of nitrogens with one attached hydrogen (secondary N) is 2. The molecule has 0 unspecified atom stereocenters. The molecule has 7 nitrogen and oxygen atoms in total. The van der Waals surface area contributed by atoms with Crippen LogP contribution in [0.1, 0.15) is 29.3 Å². The molecule has 0 aromatic heterocycles. The Kier molecular flexibility index (Phi) is 9.17. The highest BCUT2D eigenvalue weighted by atomic mass is 79.9. The minimum absolute atomic E-state index is 0.0697. The molecule has 2 N–H and O–H groups in total. The largest absolute Gasteiger partial charge is 0.513 e. The fraction of sp³-hybridized carbons (Fsp3) is 0.286. The summed E-state index contributed by atoms with van der Waals surface area (Å²) < 4.78 is 10.6. The molecule has 8 heteroatoms. The number of aryl methyl sites for hydroxylation is 1. The molecule has 154 valence electrons. The Bertz CT molecular complexity index is 839. The average Bonchev–Trinajstić information content (AvgIpc) is 2.70. The van der Waals surface area contributed by atoms with Crippen LogP contribution in [0.2, 0.25) is 0 Å². The molecule has 0 atom stereocenters. The number of benzene rings is 2. The van der Waals surface area contributed by atoms with Crippen LogP contribution in [0.5, 0.6) is 5.75 Å². The van der Waals surface area contributed by atoms with Crippen LogP contribution in [0.4, 0.5) is 4.79 Å². The van der Waals surface area contributed by atoms with E-state index in [4.69, 9.17) is 4.74 Å². The van der Waals surface area contributed by atoms with Gasteiger partial charge in [0.15, 0.2) is 0 Å². The van der Waals surface area contributed by atoms with E-state index < -0.39 is 6.16 Å². The fourth-order valence-corrected chi connectivity index (χ4v) is 2.88. The van der Waals surface area contributed by atoms with Crippen LogP contribution in [-0.4, -0.2) is 37.7 Å². The summed E-state index contributed by atoms with van der Waals surface area (Å²) in [6.07, 6.45) is 0.241. The molecule has 0 aliphatic rings. The second-order valence-corrected chi connectivity index (χ2v) is 6.96. The van der Waals surface area contributed by atoms with Crippen LogP contribution in [0.25, 0.3) is 0 Å². The predicted molar refractivity (Wildman–Crippen MR) is 112 cm³/mol. The van der Waals surface area contributed by atoms with E-state index in [9.17, 15) is 14.4 Å². The first-order valence-corrected chi connectivity index (χ1v) is 10.0. The van der Waals surface area contributed by atoms with Crippen molar-refractivity contribution in [3.8, 4) is 5.75 Å². The first kappa shape index (κ1) is 22.4. The van der Waals surface area contributed by atoms with Crippen LogP contribution < -0.4 is 15.4 Å². The molecule has 0 bridgehead atoms. The van der Waals surface area contributed by atoms with Crippen LogP contribution in [0.3, 0.4) is 0 Å². The minimum atomic E-state index is -0.791. The van der Waals surface area contributed by atoms with Crippen molar-refractivity contribution in [2.45, 2.75) is 19.8 Å². The van der Waals surface area contributed by atoms with Crippen molar-refractivity contribution in [3.63, 3.8) is 0 Å². The molecule has 0 spiro atoms. The first-order chi connectivity index (χ1) is 14.0. The van der Waals surface area contributed by atoms with Crippen LogP contribution in [-0.2, 0) is 16.0 Å². The molecule has 0 aliphatic heterocycles. The summed E-state index contributed by atoms with van der Waals surface area (Å²) in [5, 5.41) is 5.50. The quantitative estimate of drug-likeness (QED) is 0.338. The third-order valence-electron chi connectivity index (χ3n) is 3.84. The summed E-state index contributed by atoms with van der Waals surface area (Å²) in [5.41, 5.74) is 1.50. The van der Waals surface area contributed by atoms with Crippen molar-refractivity contribution in [2.75, 3.05) is 19.7 Å². The number of rotatable bonds is 9. The molecule has 2 rings (SSSR count). The van der Waals surface area contributed by atoms with Gasteiger partial charge in [-0.2, -0.15) is 0 Å². The molecule has 2 aromatic carbocycles. The number of carbonyl (C=O) groups excluding carboxylic acids is 3. The van der Waals surface area contributed by atoms with E-state index >= 15 is 0 Å². The second kappa shape index (κ2) is 11.9. The zero-order valence-corrected chi connectivity index (χ0v) is 17.7. The minimum Gasteiger partial charge on any atom is -0.434 e. The Morgan fingerprint density at radius 1 is 1.00 bits per heavy atom. The smallest absolute Gasteiger partial charge is 0.434 e. The van der Waals surface area contributed by atoms with Gasteiger partial charge in [0.25, 0.3) is 5.91 Å². The second-order valence-electron chi connectivity index (χ2n) is 6.05. The number of amides is 2. The van der Waals surface area contributed by atoms with Gasteiger partial charge in [0.05, 0.1) is 6.61 Å². The van der Waals surface area contributed by atoms with E-state index in [-0.39, 0.29) is 24.2 Å². The SMILES string of the molecule is CCOC(=O)Oc1ccc(C(=O)NCCNC(=O)CCc2cccc(Br)c2)cc1.